The van der Waals surface area contributed by atoms with E-state index in [9.17, 15) is 0 Å². The number of aliphatic hydroxyl groups excluding tert-OH is 1. The monoisotopic (exact) mass is 159 g/mol. The Labute approximate surface area is 67.5 Å². The Morgan fingerprint density at radius 2 is 2.27 bits per heavy atom. The van der Waals surface area contributed by atoms with E-state index < -0.39 is 0 Å². The Hall–Kier alpha value is -0.120. The zero-order valence-electron chi connectivity index (χ0n) is 6.83. The van der Waals surface area contributed by atoms with Gasteiger partial charge in [0.2, 0.25) is 0 Å². The highest BCUT2D eigenvalue weighted by Gasteiger charge is 2.30. The lowest BCUT2D eigenvalue weighted by molar-refractivity contribution is 0.0359. The van der Waals surface area contributed by atoms with Crippen molar-refractivity contribution < 1.29 is 9.84 Å². The minimum absolute atomic E-state index is 0.210. The summed E-state index contributed by atoms with van der Waals surface area (Å²) < 4.78 is 5.47. The van der Waals surface area contributed by atoms with Gasteiger partial charge >= 0.3 is 0 Å². The second kappa shape index (κ2) is 4.70. The minimum atomic E-state index is 0.210. The SMILES string of the molecule is NCC(OCCCO)C1CC1. The minimum Gasteiger partial charge on any atom is -0.396 e. The molecule has 1 aliphatic rings. The molecule has 66 valence electrons. The molecule has 1 rings (SSSR count). The highest BCUT2D eigenvalue weighted by Crippen LogP contribution is 2.33. The quantitative estimate of drug-likeness (QED) is 0.541. The molecule has 1 atom stereocenters. The molecule has 0 aromatic heterocycles. The molecule has 0 amide bonds. The third kappa shape index (κ3) is 3.18. The summed E-state index contributed by atoms with van der Waals surface area (Å²) in [7, 11) is 0. The van der Waals surface area contributed by atoms with Crippen LogP contribution in [0.15, 0.2) is 0 Å². The Kier molecular flexibility index (Phi) is 3.83. The Morgan fingerprint density at radius 1 is 1.55 bits per heavy atom. The number of rotatable bonds is 6. The van der Waals surface area contributed by atoms with Gasteiger partial charge in [-0.1, -0.05) is 0 Å². The summed E-state index contributed by atoms with van der Waals surface area (Å²) in [6.07, 6.45) is 3.51. The summed E-state index contributed by atoms with van der Waals surface area (Å²) in [5.74, 6) is 0.707. The van der Waals surface area contributed by atoms with Crippen molar-refractivity contribution in [3.05, 3.63) is 0 Å². The molecule has 0 radical (unpaired) electrons. The van der Waals surface area contributed by atoms with Crippen LogP contribution >= 0.6 is 0 Å². The average molecular weight is 159 g/mol. The fourth-order valence-electron chi connectivity index (χ4n) is 1.16. The van der Waals surface area contributed by atoms with Gasteiger partial charge in [-0.15, -0.1) is 0 Å². The molecule has 1 unspecified atom stereocenters. The van der Waals surface area contributed by atoms with Gasteiger partial charge in [0.25, 0.3) is 0 Å². The largest absolute Gasteiger partial charge is 0.396 e. The van der Waals surface area contributed by atoms with Gasteiger partial charge in [0.15, 0.2) is 0 Å². The number of hydrogen-bond donors (Lipinski definition) is 2. The average Bonchev–Trinajstić information content (AvgIpc) is 2.81. The van der Waals surface area contributed by atoms with Crippen LogP contribution in [0.5, 0.6) is 0 Å². The fourth-order valence-corrected chi connectivity index (χ4v) is 1.16. The van der Waals surface area contributed by atoms with E-state index >= 15 is 0 Å². The second-order valence-corrected chi connectivity index (χ2v) is 3.06. The smallest absolute Gasteiger partial charge is 0.0725 e. The van der Waals surface area contributed by atoms with Crippen LogP contribution in [0.3, 0.4) is 0 Å². The molecule has 3 heteroatoms. The van der Waals surface area contributed by atoms with E-state index in [2.05, 4.69) is 0 Å². The van der Waals surface area contributed by atoms with Crippen molar-refractivity contribution in [3.63, 3.8) is 0 Å². The van der Waals surface area contributed by atoms with Gasteiger partial charge in [-0.05, 0) is 25.2 Å². The van der Waals surface area contributed by atoms with E-state index in [1.807, 2.05) is 0 Å². The van der Waals surface area contributed by atoms with E-state index in [0.29, 0.717) is 19.1 Å². The Bertz CT molecular complexity index is 104. The Morgan fingerprint density at radius 3 is 2.73 bits per heavy atom. The molecule has 0 heterocycles. The summed E-state index contributed by atoms with van der Waals surface area (Å²) in [5.41, 5.74) is 5.51. The first-order valence-corrected chi connectivity index (χ1v) is 4.31. The summed E-state index contributed by atoms with van der Waals surface area (Å²) in [6, 6.07) is 0. The first-order valence-electron chi connectivity index (χ1n) is 4.31. The maximum atomic E-state index is 8.49. The number of aliphatic hydroxyl groups is 1. The van der Waals surface area contributed by atoms with Gasteiger partial charge < -0.3 is 15.6 Å². The third-order valence-corrected chi connectivity index (χ3v) is 2.01. The molecule has 1 saturated carbocycles. The van der Waals surface area contributed by atoms with Crippen LogP contribution in [0, 0.1) is 5.92 Å². The molecule has 1 fully saturated rings. The molecule has 3 nitrogen and oxygen atoms in total. The van der Waals surface area contributed by atoms with Crippen LogP contribution in [0.4, 0.5) is 0 Å². The Balaban J connectivity index is 2.01. The van der Waals surface area contributed by atoms with Crippen molar-refractivity contribution in [1.29, 1.82) is 0 Å². The fraction of sp³-hybridized carbons (Fsp3) is 1.00. The number of hydrogen-bond acceptors (Lipinski definition) is 3. The zero-order valence-corrected chi connectivity index (χ0v) is 6.83. The third-order valence-electron chi connectivity index (χ3n) is 2.01. The van der Waals surface area contributed by atoms with Crippen LogP contribution < -0.4 is 5.73 Å². The van der Waals surface area contributed by atoms with Crippen LogP contribution in [-0.4, -0.2) is 31.0 Å². The molecule has 0 aromatic carbocycles. The van der Waals surface area contributed by atoms with Crippen LogP contribution in [0.1, 0.15) is 19.3 Å². The van der Waals surface area contributed by atoms with Crippen molar-refractivity contribution in [3.8, 4) is 0 Å². The molecule has 0 saturated heterocycles. The van der Waals surface area contributed by atoms with Crippen LogP contribution in [0.2, 0.25) is 0 Å². The van der Waals surface area contributed by atoms with E-state index in [4.69, 9.17) is 15.6 Å². The van der Waals surface area contributed by atoms with Crippen molar-refractivity contribution in [2.45, 2.75) is 25.4 Å². The van der Waals surface area contributed by atoms with Gasteiger partial charge in [-0.3, -0.25) is 0 Å². The summed E-state index contributed by atoms with van der Waals surface area (Å²) in [6.45, 7) is 1.48. The van der Waals surface area contributed by atoms with E-state index in [1.165, 1.54) is 12.8 Å². The van der Waals surface area contributed by atoms with E-state index in [1.54, 1.807) is 0 Å². The molecule has 0 aromatic rings. The van der Waals surface area contributed by atoms with Crippen molar-refractivity contribution in [1.82, 2.24) is 0 Å². The molecular weight excluding hydrogens is 142 g/mol. The van der Waals surface area contributed by atoms with Gasteiger partial charge in [0.05, 0.1) is 6.10 Å². The second-order valence-electron chi connectivity index (χ2n) is 3.06. The molecule has 0 spiro atoms. The first kappa shape index (κ1) is 8.97. The highest BCUT2D eigenvalue weighted by atomic mass is 16.5. The lowest BCUT2D eigenvalue weighted by Gasteiger charge is -2.14. The molecule has 3 N–H and O–H groups in total. The normalized spacial score (nSPS) is 20.2. The van der Waals surface area contributed by atoms with Crippen molar-refractivity contribution in [2.24, 2.45) is 11.7 Å². The summed E-state index contributed by atoms with van der Waals surface area (Å²) in [5, 5.41) is 8.49. The predicted molar refractivity (Wildman–Crippen MR) is 43.2 cm³/mol. The number of ether oxygens (including phenoxy) is 1. The lowest BCUT2D eigenvalue weighted by Crippen LogP contribution is -2.26. The standard InChI is InChI=1S/C8H17NO2/c9-6-8(7-2-3-7)11-5-1-4-10/h7-8,10H,1-6,9H2. The summed E-state index contributed by atoms with van der Waals surface area (Å²) in [4.78, 5) is 0. The molecule has 1 aliphatic carbocycles. The molecule has 0 bridgehead atoms. The van der Waals surface area contributed by atoms with E-state index in [-0.39, 0.29) is 12.7 Å². The van der Waals surface area contributed by atoms with Gasteiger partial charge in [-0.25, -0.2) is 0 Å². The van der Waals surface area contributed by atoms with Gasteiger partial charge in [-0.2, -0.15) is 0 Å². The summed E-state index contributed by atoms with van der Waals surface area (Å²) >= 11 is 0. The van der Waals surface area contributed by atoms with Crippen molar-refractivity contribution in [2.75, 3.05) is 19.8 Å². The zero-order chi connectivity index (χ0) is 8.10. The molecule has 0 aliphatic heterocycles. The van der Waals surface area contributed by atoms with Gasteiger partial charge in [0.1, 0.15) is 0 Å². The maximum absolute atomic E-state index is 8.49. The molecule has 11 heavy (non-hydrogen) atoms. The van der Waals surface area contributed by atoms with Crippen LogP contribution in [0.25, 0.3) is 0 Å². The van der Waals surface area contributed by atoms with Crippen LogP contribution in [-0.2, 0) is 4.74 Å². The number of nitrogens with two attached hydrogens (primary N) is 1. The van der Waals surface area contributed by atoms with Gasteiger partial charge in [0, 0.05) is 19.8 Å². The van der Waals surface area contributed by atoms with Crippen molar-refractivity contribution >= 4 is 0 Å². The lowest BCUT2D eigenvalue weighted by atomic mass is 10.2. The highest BCUT2D eigenvalue weighted by molar-refractivity contribution is 4.82. The van der Waals surface area contributed by atoms with E-state index in [0.717, 1.165) is 6.42 Å². The first-order chi connectivity index (χ1) is 5.38. The topological polar surface area (TPSA) is 55.5 Å². The maximum Gasteiger partial charge on any atom is 0.0725 e. The predicted octanol–water partition coefficient (Wildman–Crippen LogP) is 0.123. The molecular formula is C8H17NO2.